The van der Waals surface area contributed by atoms with Gasteiger partial charge in [0.05, 0.1) is 5.69 Å². The summed E-state index contributed by atoms with van der Waals surface area (Å²) < 4.78 is 26.4. The van der Waals surface area contributed by atoms with Crippen molar-refractivity contribution >= 4 is 17.4 Å². The molecule has 23 heavy (non-hydrogen) atoms. The number of likely N-dealkylation sites (N-methyl/N-ethyl adjacent to an activating group) is 1. The molecule has 0 aliphatic rings. The van der Waals surface area contributed by atoms with Crippen LogP contribution in [0.1, 0.15) is 10.5 Å². The molecule has 0 atom stereocenters. The molecule has 0 saturated carbocycles. The average Bonchev–Trinajstić information content (AvgIpc) is 2.50. The van der Waals surface area contributed by atoms with Gasteiger partial charge in [-0.1, -0.05) is 0 Å². The van der Waals surface area contributed by atoms with Crippen LogP contribution in [0.15, 0.2) is 30.6 Å². The molecule has 2 N–H and O–H groups in total. The van der Waals surface area contributed by atoms with E-state index in [1.807, 2.05) is 19.0 Å². The predicted octanol–water partition coefficient (Wildman–Crippen LogP) is 1.98. The number of carbonyl (C=O) groups is 1. The van der Waals surface area contributed by atoms with Crippen LogP contribution in [-0.4, -0.2) is 48.0 Å². The van der Waals surface area contributed by atoms with Crippen LogP contribution < -0.4 is 10.6 Å². The zero-order chi connectivity index (χ0) is 16.8. The molecule has 0 fully saturated rings. The van der Waals surface area contributed by atoms with Crippen molar-refractivity contribution in [1.29, 1.82) is 0 Å². The molecule has 0 aliphatic carbocycles. The minimum atomic E-state index is -0.850. The lowest BCUT2D eigenvalue weighted by Gasteiger charge is -2.11. The van der Waals surface area contributed by atoms with Crippen molar-refractivity contribution in [3.8, 4) is 0 Å². The quantitative estimate of drug-likeness (QED) is 0.851. The highest BCUT2D eigenvalue weighted by Crippen LogP contribution is 2.16. The van der Waals surface area contributed by atoms with E-state index >= 15 is 0 Å². The van der Waals surface area contributed by atoms with Gasteiger partial charge in [0.1, 0.15) is 29.5 Å². The Bertz CT molecular complexity index is 693. The Morgan fingerprint density at radius 2 is 2.00 bits per heavy atom. The molecule has 0 spiro atoms. The summed E-state index contributed by atoms with van der Waals surface area (Å²) in [5.41, 5.74) is -0.0341. The van der Waals surface area contributed by atoms with Crippen LogP contribution >= 0.6 is 0 Å². The monoisotopic (exact) mass is 321 g/mol. The number of hydrogen-bond donors (Lipinski definition) is 2. The molecule has 6 nitrogen and oxygen atoms in total. The van der Waals surface area contributed by atoms with Gasteiger partial charge in [-0.2, -0.15) is 0 Å². The number of nitrogens with zero attached hydrogens (tertiary/aromatic N) is 3. The lowest BCUT2D eigenvalue weighted by atomic mass is 10.2. The fraction of sp³-hybridized carbons (Fsp3) is 0.267. The molecule has 1 aromatic carbocycles. The summed E-state index contributed by atoms with van der Waals surface area (Å²) >= 11 is 0. The number of carbonyl (C=O) groups excluding carboxylic acids is 1. The van der Waals surface area contributed by atoms with E-state index in [0.717, 1.165) is 18.7 Å². The zero-order valence-electron chi connectivity index (χ0n) is 12.8. The second kappa shape index (κ2) is 7.59. The summed E-state index contributed by atoms with van der Waals surface area (Å²) in [6, 6.07) is 4.38. The Morgan fingerprint density at radius 1 is 1.22 bits per heavy atom. The van der Waals surface area contributed by atoms with Gasteiger partial charge >= 0.3 is 0 Å². The standard InChI is InChI=1S/C15H17F2N5O/c1-22(2)6-5-18-14-8-13(19-9-20-14)15(23)21-12-4-3-10(16)7-11(12)17/h3-4,7-9H,5-6H2,1-2H3,(H,21,23)(H,18,19,20). The predicted molar refractivity (Wildman–Crippen MR) is 83.4 cm³/mol. The maximum absolute atomic E-state index is 13.5. The Morgan fingerprint density at radius 3 is 2.70 bits per heavy atom. The van der Waals surface area contributed by atoms with E-state index in [1.54, 1.807) is 0 Å². The summed E-state index contributed by atoms with van der Waals surface area (Å²) in [5, 5.41) is 5.41. The highest BCUT2D eigenvalue weighted by Gasteiger charge is 2.12. The van der Waals surface area contributed by atoms with Crippen LogP contribution in [0, 0.1) is 11.6 Å². The van der Waals surface area contributed by atoms with Gasteiger partial charge in [0.15, 0.2) is 0 Å². The first-order valence-electron chi connectivity index (χ1n) is 6.93. The molecule has 122 valence electrons. The number of benzene rings is 1. The third kappa shape index (κ3) is 4.96. The lowest BCUT2D eigenvalue weighted by molar-refractivity contribution is 0.102. The molecule has 8 heteroatoms. The molecule has 0 aliphatic heterocycles. The number of hydrogen-bond acceptors (Lipinski definition) is 5. The second-order valence-corrected chi connectivity index (χ2v) is 5.10. The van der Waals surface area contributed by atoms with E-state index in [-0.39, 0.29) is 11.4 Å². The van der Waals surface area contributed by atoms with Crippen LogP contribution in [0.3, 0.4) is 0 Å². The SMILES string of the molecule is CN(C)CCNc1cc(C(=O)Nc2ccc(F)cc2F)ncn1. The van der Waals surface area contributed by atoms with E-state index < -0.39 is 17.5 Å². The Labute approximate surface area is 132 Å². The largest absolute Gasteiger partial charge is 0.369 e. The molecule has 2 rings (SSSR count). The van der Waals surface area contributed by atoms with Crippen molar-refractivity contribution in [1.82, 2.24) is 14.9 Å². The molecule has 0 unspecified atom stereocenters. The van der Waals surface area contributed by atoms with Gasteiger partial charge in [0.25, 0.3) is 5.91 Å². The fourth-order valence-electron chi connectivity index (χ4n) is 1.76. The van der Waals surface area contributed by atoms with Gasteiger partial charge in [-0.05, 0) is 26.2 Å². The fourth-order valence-corrected chi connectivity index (χ4v) is 1.76. The van der Waals surface area contributed by atoms with E-state index in [0.29, 0.717) is 18.4 Å². The Balaban J connectivity index is 2.04. The number of rotatable bonds is 6. The Hall–Kier alpha value is -2.61. The van der Waals surface area contributed by atoms with Crippen molar-refractivity contribution < 1.29 is 13.6 Å². The molecule has 0 bridgehead atoms. The van der Waals surface area contributed by atoms with Crippen LogP contribution in [0.25, 0.3) is 0 Å². The number of anilines is 2. The first-order chi connectivity index (χ1) is 11.0. The molecule has 1 amide bonds. The summed E-state index contributed by atoms with van der Waals surface area (Å²) in [4.78, 5) is 22.0. The normalized spacial score (nSPS) is 10.7. The van der Waals surface area contributed by atoms with E-state index in [4.69, 9.17) is 0 Å². The molecule has 2 aromatic rings. The minimum absolute atomic E-state index is 0.0797. The molecular formula is C15H17F2N5O. The van der Waals surface area contributed by atoms with Crippen molar-refractivity contribution in [2.75, 3.05) is 37.8 Å². The second-order valence-electron chi connectivity index (χ2n) is 5.10. The smallest absolute Gasteiger partial charge is 0.274 e. The third-order valence-corrected chi connectivity index (χ3v) is 2.94. The Kier molecular flexibility index (Phi) is 5.53. The molecule has 1 heterocycles. The molecular weight excluding hydrogens is 304 g/mol. The van der Waals surface area contributed by atoms with E-state index in [1.165, 1.54) is 12.4 Å². The summed E-state index contributed by atoms with van der Waals surface area (Å²) in [7, 11) is 3.88. The van der Waals surface area contributed by atoms with E-state index in [2.05, 4.69) is 20.6 Å². The van der Waals surface area contributed by atoms with Gasteiger partial charge in [0, 0.05) is 25.2 Å². The first-order valence-corrected chi connectivity index (χ1v) is 6.93. The number of amides is 1. The lowest BCUT2D eigenvalue weighted by Crippen LogP contribution is -2.21. The van der Waals surface area contributed by atoms with Crippen molar-refractivity contribution in [3.63, 3.8) is 0 Å². The van der Waals surface area contributed by atoms with Gasteiger partial charge in [-0.3, -0.25) is 4.79 Å². The molecule has 1 aromatic heterocycles. The first kappa shape index (κ1) is 16.8. The third-order valence-electron chi connectivity index (χ3n) is 2.94. The topological polar surface area (TPSA) is 70.2 Å². The van der Waals surface area contributed by atoms with Crippen LogP contribution in [0.5, 0.6) is 0 Å². The highest BCUT2D eigenvalue weighted by molar-refractivity contribution is 6.03. The van der Waals surface area contributed by atoms with Crippen molar-refractivity contribution in [2.24, 2.45) is 0 Å². The maximum Gasteiger partial charge on any atom is 0.274 e. The van der Waals surface area contributed by atoms with Gasteiger partial charge < -0.3 is 15.5 Å². The van der Waals surface area contributed by atoms with Crippen molar-refractivity contribution in [2.45, 2.75) is 0 Å². The molecule has 0 saturated heterocycles. The van der Waals surface area contributed by atoms with Crippen molar-refractivity contribution in [3.05, 3.63) is 47.9 Å². The summed E-state index contributed by atoms with van der Waals surface area (Å²) in [6.07, 6.45) is 1.24. The summed E-state index contributed by atoms with van der Waals surface area (Å²) in [5.74, 6) is -1.67. The van der Waals surface area contributed by atoms with Crippen LogP contribution in [0.2, 0.25) is 0 Å². The van der Waals surface area contributed by atoms with E-state index in [9.17, 15) is 13.6 Å². The highest BCUT2D eigenvalue weighted by atomic mass is 19.1. The van der Waals surface area contributed by atoms with Crippen LogP contribution in [0.4, 0.5) is 20.3 Å². The minimum Gasteiger partial charge on any atom is -0.369 e. The van der Waals surface area contributed by atoms with Gasteiger partial charge in [-0.15, -0.1) is 0 Å². The number of nitrogens with one attached hydrogen (secondary N) is 2. The zero-order valence-corrected chi connectivity index (χ0v) is 12.8. The number of aromatic nitrogens is 2. The van der Waals surface area contributed by atoms with Gasteiger partial charge in [0.2, 0.25) is 0 Å². The maximum atomic E-state index is 13.5. The average molecular weight is 321 g/mol. The van der Waals surface area contributed by atoms with Gasteiger partial charge in [-0.25, -0.2) is 18.7 Å². The summed E-state index contributed by atoms with van der Waals surface area (Å²) in [6.45, 7) is 1.45. The number of halogens is 2. The molecule has 0 radical (unpaired) electrons. The van der Waals surface area contributed by atoms with Crippen LogP contribution in [-0.2, 0) is 0 Å².